The third-order valence-electron chi connectivity index (χ3n) is 2.06. The zero-order valence-electron chi connectivity index (χ0n) is 9.84. The van der Waals surface area contributed by atoms with Gasteiger partial charge in [-0.05, 0) is 12.3 Å². The van der Waals surface area contributed by atoms with Crippen LogP contribution in [0.2, 0.25) is 0 Å². The molecule has 5 N–H and O–H groups in total. The van der Waals surface area contributed by atoms with E-state index in [2.05, 4.69) is 5.32 Å². The van der Waals surface area contributed by atoms with Crippen LogP contribution in [0.25, 0.3) is 0 Å². The van der Waals surface area contributed by atoms with Crippen LogP contribution < -0.4 is 11.1 Å². The van der Waals surface area contributed by atoms with Crippen molar-refractivity contribution in [2.24, 2.45) is 11.7 Å². The summed E-state index contributed by atoms with van der Waals surface area (Å²) in [7, 11) is 0. The minimum Gasteiger partial charge on any atom is -0.481 e. The second-order valence-corrected chi connectivity index (χ2v) is 4.23. The van der Waals surface area contributed by atoms with E-state index in [4.69, 9.17) is 15.9 Å². The van der Waals surface area contributed by atoms with E-state index in [-0.39, 0.29) is 5.92 Å². The van der Waals surface area contributed by atoms with E-state index in [1.54, 1.807) is 0 Å². The summed E-state index contributed by atoms with van der Waals surface area (Å²) in [6.45, 7) is 3.75. The number of hydrogen-bond acceptors (Lipinski definition) is 4. The zero-order valence-corrected chi connectivity index (χ0v) is 9.84. The quantitative estimate of drug-likeness (QED) is 0.474. The van der Waals surface area contributed by atoms with Crippen LogP contribution in [0.15, 0.2) is 0 Å². The Morgan fingerprint density at radius 2 is 1.76 bits per heavy atom. The third kappa shape index (κ3) is 6.52. The van der Waals surface area contributed by atoms with Gasteiger partial charge < -0.3 is 21.3 Å². The molecule has 0 saturated carbocycles. The summed E-state index contributed by atoms with van der Waals surface area (Å²) < 4.78 is 0. The summed E-state index contributed by atoms with van der Waals surface area (Å²) in [6, 6.07) is -2.27. The van der Waals surface area contributed by atoms with Crippen molar-refractivity contribution >= 4 is 17.8 Å². The molecule has 0 aliphatic heterocycles. The number of carboxylic acid groups (broad SMARTS) is 2. The van der Waals surface area contributed by atoms with E-state index in [0.29, 0.717) is 6.42 Å². The van der Waals surface area contributed by atoms with Gasteiger partial charge in [0, 0.05) is 0 Å². The van der Waals surface area contributed by atoms with Crippen LogP contribution in [0.4, 0.5) is 0 Å². The summed E-state index contributed by atoms with van der Waals surface area (Å²) in [5.41, 5.74) is 5.54. The standard InChI is InChI=1S/C10H18N2O5/c1-5(2)3-6(11)9(15)12-7(10(16)17)4-8(13)14/h5-7H,3-4,11H2,1-2H3,(H,12,15)(H,13,14)(H,16,17). The smallest absolute Gasteiger partial charge is 0.326 e. The maximum atomic E-state index is 11.5. The topological polar surface area (TPSA) is 130 Å². The summed E-state index contributed by atoms with van der Waals surface area (Å²) in [6.07, 6.45) is -0.263. The average molecular weight is 246 g/mol. The monoisotopic (exact) mass is 246 g/mol. The molecule has 7 heteroatoms. The molecule has 0 aromatic carbocycles. The zero-order chi connectivity index (χ0) is 13.6. The molecule has 7 nitrogen and oxygen atoms in total. The molecule has 0 heterocycles. The molecule has 2 unspecified atom stereocenters. The largest absolute Gasteiger partial charge is 0.481 e. The van der Waals surface area contributed by atoms with Crippen LogP contribution in [-0.4, -0.2) is 40.1 Å². The molecule has 0 aliphatic carbocycles. The number of nitrogens with two attached hydrogens (primary N) is 1. The molecule has 0 radical (unpaired) electrons. The Morgan fingerprint density at radius 3 is 2.12 bits per heavy atom. The Hall–Kier alpha value is -1.63. The number of nitrogens with one attached hydrogen (secondary N) is 1. The number of amides is 1. The molecule has 2 atom stereocenters. The van der Waals surface area contributed by atoms with Gasteiger partial charge in [0.25, 0.3) is 0 Å². The minimum atomic E-state index is -1.45. The second kappa shape index (κ2) is 6.85. The highest BCUT2D eigenvalue weighted by atomic mass is 16.4. The fourth-order valence-electron chi connectivity index (χ4n) is 1.27. The minimum absolute atomic E-state index is 0.193. The van der Waals surface area contributed by atoms with E-state index in [9.17, 15) is 14.4 Å². The van der Waals surface area contributed by atoms with Gasteiger partial charge in [0.1, 0.15) is 6.04 Å². The lowest BCUT2D eigenvalue weighted by Gasteiger charge is -2.17. The van der Waals surface area contributed by atoms with Crippen molar-refractivity contribution in [3.05, 3.63) is 0 Å². The molecule has 0 rings (SSSR count). The first-order valence-electron chi connectivity index (χ1n) is 5.24. The van der Waals surface area contributed by atoms with Gasteiger partial charge in [0.2, 0.25) is 5.91 Å². The first-order valence-corrected chi connectivity index (χ1v) is 5.24. The fourth-order valence-corrected chi connectivity index (χ4v) is 1.27. The Morgan fingerprint density at radius 1 is 1.24 bits per heavy atom. The van der Waals surface area contributed by atoms with Crippen LogP contribution in [0.1, 0.15) is 26.7 Å². The summed E-state index contributed by atoms with van der Waals surface area (Å²) in [5.74, 6) is -3.14. The molecule has 0 saturated heterocycles. The van der Waals surface area contributed by atoms with Crippen molar-refractivity contribution in [3.63, 3.8) is 0 Å². The lowest BCUT2D eigenvalue weighted by atomic mass is 10.0. The lowest BCUT2D eigenvalue weighted by molar-refractivity contribution is -0.147. The van der Waals surface area contributed by atoms with Gasteiger partial charge in [-0.25, -0.2) is 4.79 Å². The van der Waals surface area contributed by atoms with Crippen molar-refractivity contribution in [2.75, 3.05) is 0 Å². The van der Waals surface area contributed by atoms with Gasteiger partial charge in [-0.2, -0.15) is 0 Å². The number of rotatable bonds is 7. The van der Waals surface area contributed by atoms with E-state index in [1.165, 1.54) is 0 Å². The Labute approximate surface area is 99.0 Å². The fraction of sp³-hybridized carbons (Fsp3) is 0.700. The van der Waals surface area contributed by atoms with Crippen molar-refractivity contribution in [1.82, 2.24) is 5.32 Å². The van der Waals surface area contributed by atoms with E-state index in [0.717, 1.165) is 0 Å². The van der Waals surface area contributed by atoms with Crippen LogP contribution >= 0.6 is 0 Å². The van der Waals surface area contributed by atoms with Crippen LogP contribution in [0.5, 0.6) is 0 Å². The summed E-state index contributed by atoms with van der Waals surface area (Å²) in [4.78, 5) is 32.6. The molecule has 0 aromatic heterocycles. The molecule has 1 amide bonds. The first kappa shape index (κ1) is 15.4. The number of carbonyl (C=O) groups excluding carboxylic acids is 1. The van der Waals surface area contributed by atoms with Gasteiger partial charge in [0.15, 0.2) is 0 Å². The van der Waals surface area contributed by atoms with Gasteiger partial charge in [-0.1, -0.05) is 13.8 Å². The van der Waals surface area contributed by atoms with Crippen LogP contribution in [0.3, 0.4) is 0 Å². The predicted molar refractivity (Wildman–Crippen MR) is 59.2 cm³/mol. The van der Waals surface area contributed by atoms with Gasteiger partial charge in [0.05, 0.1) is 12.5 Å². The number of carbonyl (C=O) groups is 3. The van der Waals surface area contributed by atoms with Crippen LogP contribution in [-0.2, 0) is 14.4 Å². The predicted octanol–water partition coefficient (Wildman–Crippen LogP) is -0.596. The van der Waals surface area contributed by atoms with Gasteiger partial charge in [-0.3, -0.25) is 9.59 Å². The molecule has 0 bridgehead atoms. The molecular formula is C10H18N2O5. The molecule has 17 heavy (non-hydrogen) atoms. The number of aliphatic carboxylic acids is 2. The maximum absolute atomic E-state index is 11.5. The highest BCUT2D eigenvalue weighted by Crippen LogP contribution is 2.03. The summed E-state index contributed by atoms with van der Waals surface area (Å²) in [5, 5.41) is 19.3. The Balaban J connectivity index is 4.39. The molecule has 98 valence electrons. The lowest BCUT2D eigenvalue weighted by Crippen LogP contribution is -2.49. The first-order chi connectivity index (χ1) is 7.73. The van der Waals surface area contributed by atoms with Crippen LogP contribution in [0, 0.1) is 5.92 Å². The maximum Gasteiger partial charge on any atom is 0.326 e. The average Bonchev–Trinajstić information content (AvgIpc) is 2.14. The SMILES string of the molecule is CC(C)CC(N)C(=O)NC(CC(=O)O)C(=O)O. The van der Waals surface area contributed by atoms with Crippen molar-refractivity contribution in [2.45, 2.75) is 38.8 Å². The van der Waals surface area contributed by atoms with Crippen molar-refractivity contribution in [1.29, 1.82) is 0 Å². The molecule has 0 fully saturated rings. The van der Waals surface area contributed by atoms with Gasteiger partial charge >= 0.3 is 11.9 Å². The molecular weight excluding hydrogens is 228 g/mol. The Bertz CT molecular complexity index is 303. The van der Waals surface area contributed by atoms with E-state index >= 15 is 0 Å². The number of carboxylic acids is 2. The third-order valence-corrected chi connectivity index (χ3v) is 2.06. The Kier molecular flexibility index (Phi) is 6.19. The molecule has 0 aliphatic rings. The van der Waals surface area contributed by atoms with Crippen molar-refractivity contribution in [3.8, 4) is 0 Å². The highest BCUT2D eigenvalue weighted by Gasteiger charge is 2.25. The normalized spacial score (nSPS) is 14.1. The van der Waals surface area contributed by atoms with E-state index in [1.807, 2.05) is 13.8 Å². The second-order valence-electron chi connectivity index (χ2n) is 4.23. The summed E-state index contributed by atoms with van der Waals surface area (Å²) >= 11 is 0. The molecule has 0 spiro atoms. The highest BCUT2D eigenvalue weighted by molar-refractivity contribution is 5.89. The van der Waals surface area contributed by atoms with Crippen molar-refractivity contribution < 1.29 is 24.6 Å². The van der Waals surface area contributed by atoms with E-state index < -0.39 is 36.4 Å². The molecule has 0 aromatic rings. The number of hydrogen-bond donors (Lipinski definition) is 4. The van der Waals surface area contributed by atoms with Gasteiger partial charge in [-0.15, -0.1) is 0 Å².